The minimum Gasteiger partial charge on any atom is -0.463 e. The van der Waals surface area contributed by atoms with E-state index in [1.54, 1.807) is 0 Å². The molecule has 0 bridgehead atoms. The maximum absolute atomic E-state index is 13.4. The highest BCUT2D eigenvalue weighted by Crippen LogP contribution is 2.35. The van der Waals surface area contributed by atoms with Crippen molar-refractivity contribution in [2.45, 2.75) is 115 Å². The molecule has 1 aromatic carbocycles. The maximum Gasteiger partial charge on any atom is 0.303 e. The van der Waals surface area contributed by atoms with Crippen molar-refractivity contribution in [3.8, 4) is 0 Å². The summed E-state index contributed by atoms with van der Waals surface area (Å²) in [5.74, 6) is -7.13. The molecule has 3 N–H and O–H groups in total. The van der Waals surface area contributed by atoms with E-state index in [1.807, 2.05) is 4.72 Å². The molecule has 2 fully saturated rings. The lowest BCUT2D eigenvalue weighted by Crippen LogP contribution is -2.69. The zero-order valence-electron chi connectivity index (χ0n) is 31.9. The molecule has 0 radical (unpaired) electrons. The van der Waals surface area contributed by atoms with Crippen molar-refractivity contribution >= 4 is 69.1 Å². The van der Waals surface area contributed by atoms with Crippen LogP contribution in [0, 0.1) is 5.82 Å². The summed E-state index contributed by atoms with van der Waals surface area (Å²) in [6.45, 7) is 5.74. The van der Waals surface area contributed by atoms with E-state index in [4.69, 9.17) is 59.6 Å². The van der Waals surface area contributed by atoms with E-state index in [0.29, 0.717) is 0 Å². The number of benzene rings is 1. The first-order chi connectivity index (χ1) is 27.1. The van der Waals surface area contributed by atoms with Crippen molar-refractivity contribution in [1.82, 2.24) is 15.6 Å². The second kappa shape index (κ2) is 21.1. The molecule has 0 saturated carbocycles. The van der Waals surface area contributed by atoms with E-state index < -0.39 is 137 Å². The van der Waals surface area contributed by atoms with Crippen LogP contribution in [0.25, 0.3) is 0 Å². The molecule has 0 spiro atoms. The zero-order valence-corrected chi connectivity index (χ0v) is 33.6. The minimum atomic E-state index is -4.36. The summed E-state index contributed by atoms with van der Waals surface area (Å²) in [5.41, 5.74) is 4.86. The molecule has 0 amide bonds. The third-order valence-electron chi connectivity index (χ3n) is 7.61. The van der Waals surface area contributed by atoms with Gasteiger partial charge in [0.2, 0.25) is 0 Å². The Morgan fingerprint density at radius 3 is 1.53 bits per heavy atom. The van der Waals surface area contributed by atoms with Gasteiger partial charge in [-0.25, -0.2) is 18.2 Å². The molecule has 10 atom stereocenters. The molecular weight excluding hydrogens is 825 g/mol. The van der Waals surface area contributed by atoms with E-state index in [9.17, 15) is 46.4 Å². The van der Waals surface area contributed by atoms with Crippen molar-refractivity contribution in [3.05, 3.63) is 30.1 Å². The summed E-state index contributed by atoms with van der Waals surface area (Å²) < 4.78 is 97.1. The first kappa shape index (κ1) is 47.3. The van der Waals surface area contributed by atoms with Gasteiger partial charge in [-0.1, -0.05) is 0 Å². The quantitative estimate of drug-likeness (QED) is 0.0834. The van der Waals surface area contributed by atoms with Crippen molar-refractivity contribution in [2.75, 3.05) is 13.2 Å². The highest BCUT2D eigenvalue weighted by Gasteiger charge is 2.57. The van der Waals surface area contributed by atoms with Gasteiger partial charge in [-0.2, -0.15) is 0 Å². The predicted molar refractivity (Wildman–Crippen MR) is 189 cm³/mol. The van der Waals surface area contributed by atoms with Crippen LogP contribution < -0.4 is 15.6 Å². The molecule has 2 aliphatic rings. The average Bonchev–Trinajstić information content (AvgIpc) is 3.09. The Morgan fingerprint density at radius 1 is 0.621 bits per heavy atom. The fourth-order valence-electron chi connectivity index (χ4n) is 5.59. The normalized spacial score (nSPS) is 26.8. The molecular formula is C33H42FN3O19S2. The van der Waals surface area contributed by atoms with Crippen LogP contribution >= 0.6 is 12.2 Å². The summed E-state index contributed by atoms with van der Waals surface area (Å²) in [4.78, 5) is 85.5. The first-order valence-corrected chi connectivity index (χ1v) is 18.9. The topological polar surface area (TPSA) is 282 Å². The van der Waals surface area contributed by atoms with Crippen LogP contribution in [0.1, 0.15) is 48.5 Å². The van der Waals surface area contributed by atoms with Crippen LogP contribution in [0.3, 0.4) is 0 Å². The number of hydrogen-bond donors (Lipinski definition) is 3. The molecule has 0 aliphatic carbocycles. The van der Waals surface area contributed by atoms with E-state index in [2.05, 4.69) is 10.9 Å². The van der Waals surface area contributed by atoms with Crippen LogP contribution in [0.15, 0.2) is 29.2 Å². The Labute approximate surface area is 335 Å². The highest BCUT2D eigenvalue weighted by atomic mass is 32.2. The summed E-state index contributed by atoms with van der Waals surface area (Å²) in [6, 6.07) is 3.76. The van der Waals surface area contributed by atoms with Crippen LogP contribution in [-0.4, -0.2) is 130 Å². The lowest BCUT2D eigenvalue weighted by atomic mass is 9.95. The molecule has 322 valence electrons. The lowest BCUT2D eigenvalue weighted by molar-refractivity contribution is -0.346. The van der Waals surface area contributed by atoms with E-state index in [-0.39, 0.29) is 4.90 Å². The van der Waals surface area contributed by atoms with Crippen molar-refractivity contribution < 1.29 is 93.7 Å². The number of esters is 7. The number of carbonyl (C=O) groups is 7. The van der Waals surface area contributed by atoms with E-state index in [1.165, 1.54) is 0 Å². The first-order valence-electron chi connectivity index (χ1n) is 17.0. The monoisotopic (exact) mass is 867 g/mol. The number of hydrazine groups is 1. The smallest absolute Gasteiger partial charge is 0.303 e. The Morgan fingerprint density at radius 2 is 1.05 bits per heavy atom. The third-order valence-corrected chi connectivity index (χ3v) is 9.31. The van der Waals surface area contributed by atoms with Gasteiger partial charge >= 0.3 is 41.8 Å². The van der Waals surface area contributed by atoms with Gasteiger partial charge in [0, 0.05) is 48.5 Å². The molecule has 2 saturated heterocycles. The second-order valence-corrected chi connectivity index (χ2v) is 14.5. The molecule has 1 unspecified atom stereocenters. The van der Waals surface area contributed by atoms with Gasteiger partial charge in [0.05, 0.1) is 4.90 Å². The van der Waals surface area contributed by atoms with Crippen LogP contribution in [0.5, 0.6) is 0 Å². The van der Waals surface area contributed by atoms with Crippen molar-refractivity contribution in [1.29, 1.82) is 0 Å². The predicted octanol–water partition coefficient (Wildman–Crippen LogP) is -0.897. The molecule has 58 heavy (non-hydrogen) atoms. The molecule has 2 aliphatic heterocycles. The summed E-state index contributed by atoms with van der Waals surface area (Å²) in [6.07, 6.45) is -16.9. The number of rotatable bonds is 15. The Balaban J connectivity index is 2.09. The standard InChI is InChI=1S/C33H42FN3O19S2/c1-14(38)47-12-23-26(56-32-30(53-20(7)44)28(51-18(5)42)25(49-16(3)40)24(55-32)13-48-15(2)39)27(50-17(4)41)29(52-19(6)43)31(54-23)35-36-33(57)37-58(45,46)22-10-8-21(34)9-11-22/h8-11,23-32,35H,12-13H2,1-7H3,(H2,36,37,57)/t23-,24-,25+,26-,27+,28+,29-,30-,31?,32+/m1/s1. The second-order valence-electron chi connectivity index (χ2n) is 12.4. The lowest BCUT2D eigenvalue weighted by Gasteiger charge is -2.48. The van der Waals surface area contributed by atoms with E-state index in [0.717, 1.165) is 72.7 Å². The molecule has 3 rings (SSSR count). The number of carbonyl (C=O) groups excluding carboxylic acids is 7. The number of sulfonamides is 1. The molecule has 22 nitrogen and oxygen atoms in total. The van der Waals surface area contributed by atoms with Gasteiger partial charge in [-0.3, -0.25) is 43.7 Å². The fraction of sp³-hybridized carbons (Fsp3) is 0.576. The fourth-order valence-corrected chi connectivity index (χ4v) is 6.88. The number of halogens is 1. The maximum atomic E-state index is 13.4. The summed E-state index contributed by atoms with van der Waals surface area (Å²) in [7, 11) is -4.36. The summed E-state index contributed by atoms with van der Waals surface area (Å²) >= 11 is 5.10. The van der Waals surface area contributed by atoms with Gasteiger partial charge in [0.1, 0.15) is 37.3 Å². The number of ether oxygens (including phenoxy) is 10. The molecule has 1 aromatic rings. The van der Waals surface area contributed by atoms with Crippen molar-refractivity contribution in [2.24, 2.45) is 0 Å². The Bertz CT molecular complexity index is 1820. The SMILES string of the molecule is CC(=O)OC[C@H]1O[C@@H](O[C@H]2[C@H](OC(C)=O)[C@@H](OC(C)=O)C(NNC(=S)NS(=O)(=O)c3ccc(F)cc3)O[C@@H]2COC(C)=O)[C@H](OC(C)=O)[C@@H](OC(C)=O)[C@H]1OC(C)=O. The number of nitrogens with one attached hydrogen (secondary N) is 3. The van der Waals surface area contributed by atoms with Crippen molar-refractivity contribution in [3.63, 3.8) is 0 Å². The van der Waals surface area contributed by atoms with Crippen LogP contribution in [-0.2, 0) is 91.0 Å². The highest BCUT2D eigenvalue weighted by molar-refractivity contribution is 7.91. The minimum absolute atomic E-state index is 0.358. The largest absolute Gasteiger partial charge is 0.463 e. The Kier molecular flexibility index (Phi) is 17.2. The number of thiocarbonyl (C=S) groups is 1. The molecule has 2 heterocycles. The van der Waals surface area contributed by atoms with Crippen LogP contribution in [0.2, 0.25) is 0 Å². The van der Waals surface area contributed by atoms with Gasteiger partial charge in [-0.05, 0) is 36.5 Å². The average molecular weight is 868 g/mol. The molecule has 25 heteroatoms. The van der Waals surface area contributed by atoms with Gasteiger partial charge in [-0.15, -0.1) is 0 Å². The third kappa shape index (κ3) is 14.1. The summed E-state index contributed by atoms with van der Waals surface area (Å²) in [5, 5.41) is -0.606. The van der Waals surface area contributed by atoms with Crippen LogP contribution in [0.4, 0.5) is 4.39 Å². The van der Waals surface area contributed by atoms with Gasteiger partial charge < -0.3 is 47.4 Å². The van der Waals surface area contributed by atoms with Gasteiger partial charge in [0.15, 0.2) is 48.2 Å². The van der Waals surface area contributed by atoms with E-state index >= 15 is 0 Å². The van der Waals surface area contributed by atoms with Gasteiger partial charge in [0.25, 0.3) is 10.0 Å². The Hall–Kier alpha value is -5.08. The zero-order chi connectivity index (χ0) is 43.5. The number of hydrogen-bond acceptors (Lipinski definition) is 21. The molecule has 0 aromatic heterocycles.